The molecule has 0 bridgehead atoms. The molecule has 0 aliphatic rings. The van der Waals surface area contributed by atoms with E-state index in [9.17, 15) is 13.6 Å². The predicted octanol–water partition coefficient (Wildman–Crippen LogP) is 2.49. The first-order valence-corrected chi connectivity index (χ1v) is 5.24. The Morgan fingerprint density at radius 2 is 2.21 bits per heavy atom. The van der Waals surface area contributed by atoms with Crippen LogP contribution in [0.2, 0.25) is 0 Å². The van der Waals surface area contributed by atoms with Gasteiger partial charge in [-0.15, -0.1) is 0 Å². The minimum Gasteiger partial charge on any atom is -0.366 e. The Hall–Kier alpha value is -0.310. The van der Waals surface area contributed by atoms with Gasteiger partial charge in [0, 0.05) is 0 Å². The second-order valence-corrected chi connectivity index (χ2v) is 4.23. The molecule has 0 aliphatic heterocycles. The number of pyridine rings is 1. The van der Waals surface area contributed by atoms with Crippen LogP contribution in [-0.2, 0) is 0 Å². The molecule has 7 heteroatoms. The Kier molecular flexibility index (Phi) is 3.76. The number of amides is 1. The number of alkyl halides is 2. The van der Waals surface area contributed by atoms with E-state index in [0.717, 1.165) is 0 Å². The standard InChI is InChI=1S/C7H4BrF2IN2O/c8-3-1-2(7(12)14)4(5(9)10)13-6(3)11/h1,5H,(H2,12,14). The molecule has 1 aromatic heterocycles. The van der Waals surface area contributed by atoms with E-state index in [2.05, 4.69) is 20.9 Å². The van der Waals surface area contributed by atoms with E-state index in [4.69, 9.17) is 5.73 Å². The molecule has 2 N–H and O–H groups in total. The molecule has 0 spiro atoms. The van der Waals surface area contributed by atoms with E-state index in [1.54, 1.807) is 22.6 Å². The Balaban J connectivity index is 3.39. The van der Waals surface area contributed by atoms with E-state index in [1.165, 1.54) is 6.07 Å². The molecule has 1 aromatic rings. The maximum atomic E-state index is 12.4. The van der Waals surface area contributed by atoms with Crippen LogP contribution < -0.4 is 5.73 Å². The molecule has 0 atom stereocenters. The number of carbonyl (C=O) groups is 1. The van der Waals surface area contributed by atoms with Crippen molar-refractivity contribution in [2.45, 2.75) is 6.43 Å². The lowest BCUT2D eigenvalue weighted by molar-refractivity contribution is 0.0982. The molecule has 0 saturated carbocycles. The van der Waals surface area contributed by atoms with Gasteiger partial charge in [0.1, 0.15) is 9.39 Å². The fourth-order valence-electron chi connectivity index (χ4n) is 0.843. The van der Waals surface area contributed by atoms with Gasteiger partial charge in [-0.3, -0.25) is 4.79 Å². The van der Waals surface area contributed by atoms with Gasteiger partial charge in [-0.1, -0.05) is 0 Å². The Morgan fingerprint density at radius 1 is 1.64 bits per heavy atom. The summed E-state index contributed by atoms with van der Waals surface area (Å²) in [6.45, 7) is 0. The van der Waals surface area contributed by atoms with Gasteiger partial charge in [0.15, 0.2) is 0 Å². The lowest BCUT2D eigenvalue weighted by atomic mass is 10.2. The van der Waals surface area contributed by atoms with E-state index >= 15 is 0 Å². The molecule has 0 fully saturated rings. The third kappa shape index (κ3) is 2.38. The van der Waals surface area contributed by atoms with Gasteiger partial charge in [-0.2, -0.15) is 0 Å². The molecule has 0 saturated heterocycles. The van der Waals surface area contributed by atoms with Crippen LogP contribution in [0.4, 0.5) is 8.78 Å². The Bertz CT molecular complexity index is 386. The molecular weight excluding hydrogens is 373 g/mol. The van der Waals surface area contributed by atoms with Crippen LogP contribution >= 0.6 is 38.5 Å². The maximum absolute atomic E-state index is 12.4. The first-order valence-electron chi connectivity index (χ1n) is 3.37. The largest absolute Gasteiger partial charge is 0.366 e. The summed E-state index contributed by atoms with van der Waals surface area (Å²) >= 11 is 4.85. The number of nitrogens with zero attached hydrogens (tertiary/aromatic N) is 1. The first-order chi connectivity index (χ1) is 6.43. The summed E-state index contributed by atoms with van der Waals surface area (Å²) in [5.41, 5.74) is 4.10. The molecule has 1 rings (SSSR count). The molecule has 0 aliphatic carbocycles. The van der Waals surface area contributed by atoms with Crippen molar-refractivity contribution in [3.63, 3.8) is 0 Å². The van der Waals surface area contributed by atoms with Gasteiger partial charge in [0.25, 0.3) is 12.3 Å². The molecule has 1 amide bonds. The first kappa shape index (κ1) is 11.8. The quantitative estimate of drug-likeness (QED) is 0.636. The molecule has 0 unspecified atom stereocenters. The lowest BCUT2D eigenvalue weighted by Gasteiger charge is -2.06. The fraction of sp³-hybridized carbons (Fsp3) is 0.143. The molecule has 76 valence electrons. The van der Waals surface area contributed by atoms with Crippen LogP contribution in [0.1, 0.15) is 22.5 Å². The number of hydrogen-bond acceptors (Lipinski definition) is 2. The van der Waals surface area contributed by atoms with E-state index < -0.39 is 18.0 Å². The zero-order chi connectivity index (χ0) is 10.9. The zero-order valence-corrected chi connectivity index (χ0v) is 10.3. The number of primary amides is 1. The van der Waals surface area contributed by atoms with Crippen LogP contribution in [0, 0.1) is 3.70 Å². The summed E-state index contributed by atoms with van der Waals surface area (Å²) in [6.07, 6.45) is -2.81. The molecule has 0 radical (unpaired) electrons. The Morgan fingerprint density at radius 3 is 2.64 bits per heavy atom. The van der Waals surface area contributed by atoms with E-state index in [-0.39, 0.29) is 5.56 Å². The van der Waals surface area contributed by atoms with Crippen molar-refractivity contribution >= 4 is 44.4 Å². The third-order valence-electron chi connectivity index (χ3n) is 1.43. The smallest absolute Gasteiger partial charge is 0.281 e. The van der Waals surface area contributed by atoms with Gasteiger partial charge in [-0.25, -0.2) is 13.8 Å². The summed E-state index contributed by atoms with van der Waals surface area (Å²) < 4.78 is 25.7. The van der Waals surface area contributed by atoms with Gasteiger partial charge >= 0.3 is 0 Å². The van der Waals surface area contributed by atoms with Crippen molar-refractivity contribution < 1.29 is 13.6 Å². The van der Waals surface area contributed by atoms with Gasteiger partial charge in [0.2, 0.25) is 0 Å². The van der Waals surface area contributed by atoms with E-state index in [0.29, 0.717) is 8.17 Å². The maximum Gasteiger partial charge on any atom is 0.281 e. The second kappa shape index (κ2) is 4.47. The predicted molar refractivity (Wildman–Crippen MR) is 58.1 cm³/mol. The summed E-state index contributed by atoms with van der Waals surface area (Å²) in [5.74, 6) is -0.912. The SMILES string of the molecule is NC(=O)c1cc(Br)c(I)nc1C(F)F. The van der Waals surface area contributed by atoms with Crippen LogP contribution in [0.5, 0.6) is 0 Å². The highest BCUT2D eigenvalue weighted by atomic mass is 127. The number of rotatable bonds is 2. The van der Waals surface area contributed by atoms with Crippen molar-refractivity contribution in [3.05, 3.63) is 25.5 Å². The summed E-state index contributed by atoms with van der Waals surface area (Å²) in [6, 6.07) is 1.25. The zero-order valence-electron chi connectivity index (χ0n) is 6.60. The Labute approximate surface area is 100 Å². The highest BCUT2D eigenvalue weighted by Gasteiger charge is 2.20. The highest BCUT2D eigenvalue weighted by molar-refractivity contribution is 14.1. The van der Waals surface area contributed by atoms with Gasteiger partial charge < -0.3 is 5.73 Å². The van der Waals surface area contributed by atoms with E-state index in [1.807, 2.05) is 0 Å². The molecule has 3 nitrogen and oxygen atoms in total. The highest BCUT2D eigenvalue weighted by Crippen LogP contribution is 2.26. The minimum atomic E-state index is -2.81. The molecule has 0 aromatic carbocycles. The number of aromatic nitrogens is 1. The summed E-state index contributed by atoms with van der Waals surface area (Å²) in [4.78, 5) is 14.4. The average Bonchev–Trinajstić information content (AvgIpc) is 2.08. The number of nitrogens with two attached hydrogens (primary N) is 1. The topological polar surface area (TPSA) is 56.0 Å². The fourth-order valence-corrected chi connectivity index (χ4v) is 1.58. The van der Waals surface area contributed by atoms with Crippen molar-refractivity contribution in [1.29, 1.82) is 0 Å². The van der Waals surface area contributed by atoms with Crippen molar-refractivity contribution in [2.24, 2.45) is 5.73 Å². The number of halogens is 4. The summed E-state index contributed by atoms with van der Waals surface area (Å²) in [7, 11) is 0. The van der Waals surface area contributed by atoms with Crippen LogP contribution in [0.25, 0.3) is 0 Å². The monoisotopic (exact) mass is 376 g/mol. The third-order valence-corrected chi connectivity index (χ3v) is 3.60. The minimum absolute atomic E-state index is 0.257. The normalized spacial score (nSPS) is 10.6. The lowest BCUT2D eigenvalue weighted by Crippen LogP contribution is -2.15. The number of hydrogen-bond donors (Lipinski definition) is 1. The van der Waals surface area contributed by atoms with Crippen molar-refractivity contribution in [1.82, 2.24) is 4.98 Å². The second-order valence-electron chi connectivity index (χ2n) is 2.36. The van der Waals surface area contributed by atoms with Gasteiger partial charge in [0.05, 0.1) is 10.0 Å². The van der Waals surface area contributed by atoms with Crippen LogP contribution in [-0.4, -0.2) is 10.9 Å². The van der Waals surface area contributed by atoms with Crippen molar-refractivity contribution in [3.8, 4) is 0 Å². The van der Waals surface area contributed by atoms with Crippen LogP contribution in [0.15, 0.2) is 10.5 Å². The number of carbonyl (C=O) groups excluding carboxylic acids is 1. The molecule has 14 heavy (non-hydrogen) atoms. The molecule has 1 heterocycles. The summed E-state index contributed by atoms with van der Waals surface area (Å²) in [5, 5.41) is 0. The molecular formula is C7H4BrF2IN2O. The van der Waals surface area contributed by atoms with Gasteiger partial charge in [-0.05, 0) is 44.6 Å². The average molecular weight is 377 g/mol. The van der Waals surface area contributed by atoms with Crippen molar-refractivity contribution in [2.75, 3.05) is 0 Å². The van der Waals surface area contributed by atoms with Crippen LogP contribution in [0.3, 0.4) is 0 Å².